The van der Waals surface area contributed by atoms with Crippen molar-refractivity contribution in [2.24, 2.45) is 0 Å². The van der Waals surface area contributed by atoms with E-state index in [1.807, 2.05) is 37.3 Å². The average Bonchev–Trinajstić information content (AvgIpc) is 2.89. The Bertz CT molecular complexity index is 667. The van der Waals surface area contributed by atoms with Crippen LogP contribution in [0.2, 0.25) is 0 Å². The summed E-state index contributed by atoms with van der Waals surface area (Å²) in [6.07, 6.45) is 0. The smallest absolute Gasteiger partial charge is 0.328 e. The first-order valence-electron chi connectivity index (χ1n) is 6.67. The average molecular weight is 303 g/mol. The number of aliphatic carboxylic acids is 1. The van der Waals surface area contributed by atoms with E-state index in [1.54, 1.807) is 10.7 Å². The maximum Gasteiger partial charge on any atom is 0.328 e. The second-order valence-corrected chi connectivity index (χ2v) is 4.74. The number of aryl methyl sites for hydroxylation is 1. The standard InChI is InChI=1S/C15H17N3O4/c1-10-8-12(14(19)16-13(9-22-2)15(20)21)17-18(10)11-6-4-3-5-7-11/h3-8,13H,9H2,1-2H3,(H,16,19)(H,20,21). The number of para-hydroxylation sites is 1. The Kier molecular flexibility index (Phi) is 4.90. The molecule has 1 aromatic heterocycles. The predicted molar refractivity (Wildman–Crippen MR) is 79.1 cm³/mol. The topological polar surface area (TPSA) is 93.5 Å². The number of ether oxygens (including phenoxy) is 1. The Labute approximate surface area is 127 Å². The molecule has 2 N–H and O–H groups in total. The third-order valence-corrected chi connectivity index (χ3v) is 3.06. The highest BCUT2D eigenvalue weighted by Crippen LogP contribution is 2.11. The number of nitrogens with one attached hydrogen (secondary N) is 1. The number of hydrogen-bond acceptors (Lipinski definition) is 4. The molecule has 0 bridgehead atoms. The molecule has 1 heterocycles. The number of hydrogen-bond donors (Lipinski definition) is 2. The van der Waals surface area contributed by atoms with Crippen LogP contribution in [-0.4, -0.2) is 46.5 Å². The number of nitrogens with zero attached hydrogens (tertiary/aromatic N) is 2. The summed E-state index contributed by atoms with van der Waals surface area (Å²) < 4.78 is 6.41. The van der Waals surface area contributed by atoms with Gasteiger partial charge in [-0.3, -0.25) is 4.79 Å². The molecule has 1 amide bonds. The van der Waals surface area contributed by atoms with Crippen molar-refractivity contribution in [1.82, 2.24) is 15.1 Å². The molecule has 2 aromatic rings. The second kappa shape index (κ2) is 6.86. The number of rotatable bonds is 6. The van der Waals surface area contributed by atoms with Crippen LogP contribution in [0.3, 0.4) is 0 Å². The summed E-state index contributed by atoms with van der Waals surface area (Å²) in [5, 5.41) is 15.6. The highest BCUT2D eigenvalue weighted by Gasteiger charge is 2.22. The number of amides is 1. The van der Waals surface area contributed by atoms with E-state index in [4.69, 9.17) is 9.84 Å². The van der Waals surface area contributed by atoms with E-state index in [0.717, 1.165) is 11.4 Å². The number of carbonyl (C=O) groups is 2. The lowest BCUT2D eigenvalue weighted by Gasteiger charge is -2.12. The molecule has 0 spiro atoms. The van der Waals surface area contributed by atoms with E-state index >= 15 is 0 Å². The van der Waals surface area contributed by atoms with Gasteiger partial charge in [0.1, 0.15) is 0 Å². The lowest BCUT2D eigenvalue weighted by atomic mass is 10.3. The molecule has 1 atom stereocenters. The van der Waals surface area contributed by atoms with Gasteiger partial charge in [-0.25, -0.2) is 9.48 Å². The molecular formula is C15H17N3O4. The maximum atomic E-state index is 12.1. The maximum absolute atomic E-state index is 12.1. The first-order valence-corrected chi connectivity index (χ1v) is 6.67. The van der Waals surface area contributed by atoms with E-state index in [1.165, 1.54) is 7.11 Å². The van der Waals surface area contributed by atoms with Crippen molar-refractivity contribution in [2.45, 2.75) is 13.0 Å². The summed E-state index contributed by atoms with van der Waals surface area (Å²) in [6.45, 7) is 1.71. The summed E-state index contributed by atoms with van der Waals surface area (Å²) in [5.41, 5.74) is 1.75. The molecule has 22 heavy (non-hydrogen) atoms. The fourth-order valence-corrected chi connectivity index (χ4v) is 1.99. The first-order chi connectivity index (χ1) is 10.5. The van der Waals surface area contributed by atoms with Gasteiger partial charge in [-0.15, -0.1) is 0 Å². The molecule has 0 aliphatic rings. The number of methoxy groups -OCH3 is 1. The molecule has 7 nitrogen and oxygen atoms in total. The van der Waals surface area contributed by atoms with Gasteiger partial charge >= 0.3 is 5.97 Å². The lowest BCUT2D eigenvalue weighted by Crippen LogP contribution is -2.44. The Morgan fingerprint density at radius 1 is 1.36 bits per heavy atom. The van der Waals surface area contributed by atoms with E-state index in [-0.39, 0.29) is 12.3 Å². The van der Waals surface area contributed by atoms with Gasteiger partial charge in [0.05, 0.1) is 12.3 Å². The third kappa shape index (κ3) is 3.50. The van der Waals surface area contributed by atoms with Gasteiger partial charge in [-0.05, 0) is 25.1 Å². The van der Waals surface area contributed by atoms with Gasteiger partial charge in [0.2, 0.25) is 0 Å². The van der Waals surface area contributed by atoms with E-state index in [9.17, 15) is 9.59 Å². The van der Waals surface area contributed by atoms with Gasteiger partial charge < -0.3 is 15.2 Å². The van der Waals surface area contributed by atoms with Crippen LogP contribution >= 0.6 is 0 Å². The number of carbonyl (C=O) groups excluding carboxylic acids is 1. The highest BCUT2D eigenvalue weighted by atomic mass is 16.5. The van der Waals surface area contributed by atoms with E-state index in [2.05, 4.69) is 10.4 Å². The zero-order chi connectivity index (χ0) is 16.1. The van der Waals surface area contributed by atoms with Crippen molar-refractivity contribution in [1.29, 1.82) is 0 Å². The number of carboxylic acid groups (broad SMARTS) is 1. The number of carboxylic acids is 1. The minimum Gasteiger partial charge on any atom is -0.480 e. The summed E-state index contributed by atoms with van der Waals surface area (Å²) in [6, 6.07) is 9.86. The molecule has 116 valence electrons. The number of benzene rings is 1. The Morgan fingerprint density at radius 3 is 2.64 bits per heavy atom. The Balaban J connectivity index is 2.20. The Morgan fingerprint density at radius 2 is 2.05 bits per heavy atom. The van der Waals surface area contributed by atoms with Crippen LogP contribution in [0.5, 0.6) is 0 Å². The summed E-state index contributed by atoms with van der Waals surface area (Å²) in [7, 11) is 1.37. The molecule has 0 saturated heterocycles. The highest BCUT2D eigenvalue weighted by molar-refractivity contribution is 5.95. The molecular weight excluding hydrogens is 286 g/mol. The van der Waals surface area contributed by atoms with E-state index in [0.29, 0.717) is 0 Å². The molecule has 0 saturated carbocycles. The van der Waals surface area contributed by atoms with Gasteiger partial charge in [-0.1, -0.05) is 18.2 Å². The van der Waals surface area contributed by atoms with Crippen LogP contribution in [0.15, 0.2) is 36.4 Å². The summed E-state index contributed by atoms with van der Waals surface area (Å²) >= 11 is 0. The molecule has 1 unspecified atom stereocenters. The predicted octanol–water partition coefficient (Wildman–Crippen LogP) is 1.01. The van der Waals surface area contributed by atoms with Crippen molar-refractivity contribution in [3.8, 4) is 5.69 Å². The van der Waals surface area contributed by atoms with Gasteiger partial charge in [0.15, 0.2) is 11.7 Å². The monoisotopic (exact) mass is 303 g/mol. The molecule has 0 fully saturated rings. The Hall–Kier alpha value is -2.67. The van der Waals surface area contributed by atoms with Gasteiger partial charge in [-0.2, -0.15) is 5.10 Å². The quantitative estimate of drug-likeness (QED) is 0.830. The lowest BCUT2D eigenvalue weighted by molar-refractivity contribution is -0.140. The summed E-state index contributed by atoms with van der Waals surface area (Å²) in [4.78, 5) is 23.2. The van der Waals surface area contributed by atoms with Crippen molar-refractivity contribution in [3.63, 3.8) is 0 Å². The van der Waals surface area contributed by atoms with Crippen LogP contribution in [0, 0.1) is 6.92 Å². The second-order valence-electron chi connectivity index (χ2n) is 4.74. The molecule has 1 aromatic carbocycles. The molecule has 0 aliphatic carbocycles. The molecule has 0 aliphatic heterocycles. The molecule has 7 heteroatoms. The van der Waals surface area contributed by atoms with Crippen LogP contribution in [0.1, 0.15) is 16.2 Å². The van der Waals surface area contributed by atoms with Crippen LogP contribution in [0.25, 0.3) is 5.69 Å². The van der Waals surface area contributed by atoms with Gasteiger partial charge in [0.25, 0.3) is 5.91 Å². The zero-order valence-electron chi connectivity index (χ0n) is 12.3. The minimum absolute atomic E-state index is 0.112. The van der Waals surface area contributed by atoms with Crippen LogP contribution in [-0.2, 0) is 9.53 Å². The first kappa shape index (κ1) is 15.7. The van der Waals surface area contributed by atoms with E-state index < -0.39 is 17.9 Å². The van der Waals surface area contributed by atoms with Crippen molar-refractivity contribution >= 4 is 11.9 Å². The number of aromatic nitrogens is 2. The third-order valence-electron chi connectivity index (χ3n) is 3.06. The molecule has 2 rings (SSSR count). The van der Waals surface area contributed by atoms with Crippen LogP contribution < -0.4 is 5.32 Å². The largest absolute Gasteiger partial charge is 0.480 e. The fraction of sp³-hybridized carbons (Fsp3) is 0.267. The van der Waals surface area contributed by atoms with Crippen molar-refractivity contribution in [2.75, 3.05) is 13.7 Å². The summed E-state index contributed by atoms with van der Waals surface area (Å²) in [5.74, 6) is -1.71. The van der Waals surface area contributed by atoms with Crippen molar-refractivity contribution < 1.29 is 19.4 Å². The fourth-order valence-electron chi connectivity index (χ4n) is 1.99. The minimum atomic E-state index is -1.16. The molecule has 0 radical (unpaired) electrons. The zero-order valence-corrected chi connectivity index (χ0v) is 12.3. The van der Waals surface area contributed by atoms with Gasteiger partial charge in [0, 0.05) is 12.8 Å². The normalized spacial score (nSPS) is 11.9. The van der Waals surface area contributed by atoms with Crippen molar-refractivity contribution in [3.05, 3.63) is 47.8 Å². The SMILES string of the molecule is COCC(NC(=O)c1cc(C)n(-c2ccccc2)n1)C(=O)O. The van der Waals surface area contributed by atoms with Crippen LogP contribution in [0.4, 0.5) is 0 Å².